The van der Waals surface area contributed by atoms with Gasteiger partial charge < -0.3 is 5.32 Å². The molecule has 0 aromatic heterocycles. The molecular formula is C20H23BrFN3O. The first-order valence-corrected chi connectivity index (χ1v) is 9.58. The summed E-state index contributed by atoms with van der Waals surface area (Å²) in [6.07, 6.45) is 0. The number of carbonyl (C=O) groups is 1. The van der Waals surface area contributed by atoms with Crippen LogP contribution in [0.5, 0.6) is 0 Å². The van der Waals surface area contributed by atoms with Gasteiger partial charge in [-0.05, 0) is 30.7 Å². The smallest absolute Gasteiger partial charge is 0.241 e. The quantitative estimate of drug-likeness (QED) is 0.801. The molecule has 2 aromatic carbocycles. The van der Waals surface area contributed by atoms with Crippen LogP contribution in [0.4, 0.5) is 10.1 Å². The first-order chi connectivity index (χ1) is 12.5. The zero-order valence-electron chi connectivity index (χ0n) is 14.8. The minimum atomic E-state index is -0.437. The van der Waals surface area contributed by atoms with Gasteiger partial charge in [0.1, 0.15) is 5.82 Å². The van der Waals surface area contributed by atoms with E-state index in [-0.39, 0.29) is 17.6 Å². The van der Waals surface area contributed by atoms with Gasteiger partial charge in [-0.3, -0.25) is 14.6 Å². The molecule has 2 aromatic rings. The Bertz CT molecular complexity index is 748. The topological polar surface area (TPSA) is 35.6 Å². The van der Waals surface area contributed by atoms with Crippen molar-refractivity contribution in [2.24, 2.45) is 0 Å². The van der Waals surface area contributed by atoms with Crippen molar-refractivity contribution in [3.05, 3.63) is 64.4 Å². The Balaban J connectivity index is 1.51. The summed E-state index contributed by atoms with van der Waals surface area (Å²) >= 11 is 3.22. The Hall–Kier alpha value is -1.76. The molecule has 1 heterocycles. The maximum atomic E-state index is 13.9. The number of amides is 1. The lowest BCUT2D eigenvalue weighted by Gasteiger charge is -2.37. The van der Waals surface area contributed by atoms with Crippen LogP contribution in [0.1, 0.15) is 12.5 Å². The molecule has 0 aliphatic carbocycles. The van der Waals surface area contributed by atoms with Gasteiger partial charge in [0.25, 0.3) is 0 Å². The van der Waals surface area contributed by atoms with Crippen LogP contribution in [0.2, 0.25) is 0 Å². The number of benzene rings is 2. The van der Waals surface area contributed by atoms with Gasteiger partial charge in [0.2, 0.25) is 5.91 Å². The normalized spacial score (nSPS) is 17.0. The van der Waals surface area contributed by atoms with E-state index >= 15 is 0 Å². The molecule has 0 bridgehead atoms. The van der Waals surface area contributed by atoms with Gasteiger partial charge in [-0.1, -0.05) is 46.3 Å². The molecule has 1 saturated heterocycles. The minimum absolute atomic E-state index is 0.178. The van der Waals surface area contributed by atoms with Gasteiger partial charge in [-0.15, -0.1) is 0 Å². The summed E-state index contributed by atoms with van der Waals surface area (Å²) < 4.78 is 14.6. The molecule has 1 fully saturated rings. The maximum absolute atomic E-state index is 13.9. The van der Waals surface area contributed by atoms with Gasteiger partial charge in [0.05, 0.1) is 11.7 Å². The number of nitrogens with one attached hydrogen (secondary N) is 1. The van der Waals surface area contributed by atoms with Crippen molar-refractivity contribution < 1.29 is 9.18 Å². The molecule has 3 rings (SSSR count). The van der Waals surface area contributed by atoms with Crippen LogP contribution in [-0.2, 0) is 11.3 Å². The number of hydrogen-bond acceptors (Lipinski definition) is 3. The zero-order chi connectivity index (χ0) is 18.5. The van der Waals surface area contributed by atoms with E-state index in [1.165, 1.54) is 11.6 Å². The van der Waals surface area contributed by atoms with Crippen molar-refractivity contribution in [3.63, 3.8) is 0 Å². The summed E-state index contributed by atoms with van der Waals surface area (Å²) in [5.41, 5.74) is 1.52. The van der Waals surface area contributed by atoms with Crippen molar-refractivity contribution in [1.82, 2.24) is 9.80 Å². The Morgan fingerprint density at radius 1 is 1.15 bits per heavy atom. The Morgan fingerprint density at radius 2 is 1.85 bits per heavy atom. The number of rotatable bonds is 5. The molecule has 0 radical (unpaired) electrons. The SMILES string of the molecule is C[C@@H](C(=O)Nc1ccc(Br)cc1F)N1CCN(Cc2ccccc2)CC1. The summed E-state index contributed by atoms with van der Waals surface area (Å²) in [7, 11) is 0. The summed E-state index contributed by atoms with van der Waals surface area (Å²) in [5.74, 6) is -0.615. The molecule has 1 aliphatic heterocycles. The molecule has 0 spiro atoms. The lowest BCUT2D eigenvalue weighted by molar-refractivity contribution is -0.121. The van der Waals surface area contributed by atoms with Gasteiger partial charge in [0.15, 0.2) is 0 Å². The molecule has 0 unspecified atom stereocenters. The predicted molar refractivity (Wildman–Crippen MR) is 105 cm³/mol. The zero-order valence-corrected chi connectivity index (χ0v) is 16.4. The number of halogens is 2. The lowest BCUT2D eigenvalue weighted by Crippen LogP contribution is -2.52. The fraction of sp³-hybridized carbons (Fsp3) is 0.350. The molecule has 1 amide bonds. The van der Waals surface area contributed by atoms with Gasteiger partial charge in [-0.2, -0.15) is 0 Å². The third-order valence-electron chi connectivity index (χ3n) is 4.77. The first-order valence-electron chi connectivity index (χ1n) is 8.79. The van der Waals surface area contributed by atoms with Crippen molar-refractivity contribution in [2.75, 3.05) is 31.5 Å². The average molecular weight is 420 g/mol. The fourth-order valence-electron chi connectivity index (χ4n) is 3.14. The molecule has 1 N–H and O–H groups in total. The van der Waals surface area contributed by atoms with E-state index in [0.29, 0.717) is 4.47 Å². The lowest BCUT2D eigenvalue weighted by atomic mass is 10.1. The fourth-order valence-corrected chi connectivity index (χ4v) is 3.48. The highest BCUT2D eigenvalue weighted by atomic mass is 79.9. The number of anilines is 1. The van der Waals surface area contributed by atoms with E-state index in [9.17, 15) is 9.18 Å². The summed E-state index contributed by atoms with van der Waals surface area (Å²) in [6.45, 7) is 6.28. The molecule has 6 heteroatoms. The maximum Gasteiger partial charge on any atom is 0.241 e. The molecule has 26 heavy (non-hydrogen) atoms. The van der Waals surface area contributed by atoms with Crippen LogP contribution in [0.15, 0.2) is 53.0 Å². The van der Waals surface area contributed by atoms with E-state index in [1.807, 2.05) is 13.0 Å². The van der Waals surface area contributed by atoms with Gasteiger partial charge >= 0.3 is 0 Å². The highest BCUT2D eigenvalue weighted by molar-refractivity contribution is 9.10. The summed E-state index contributed by atoms with van der Waals surface area (Å²) in [6, 6.07) is 14.7. The Kier molecular flexibility index (Phi) is 6.40. The summed E-state index contributed by atoms with van der Waals surface area (Å²) in [5, 5.41) is 2.70. The van der Waals surface area contributed by atoms with Gasteiger partial charge in [0, 0.05) is 37.2 Å². The third kappa shape index (κ3) is 4.90. The highest BCUT2D eigenvalue weighted by Crippen LogP contribution is 2.20. The van der Waals surface area contributed by atoms with Crippen LogP contribution in [-0.4, -0.2) is 47.9 Å². The molecule has 1 aliphatic rings. The molecular weight excluding hydrogens is 397 g/mol. The van der Waals surface area contributed by atoms with Crippen molar-refractivity contribution in [2.45, 2.75) is 19.5 Å². The van der Waals surface area contributed by atoms with E-state index in [2.05, 4.69) is 55.3 Å². The van der Waals surface area contributed by atoms with Crippen molar-refractivity contribution in [1.29, 1.82) is 0 Å². The van der Waals surface area contributed by atoms with Gasteiger partial charge in [-0.25, -0.2) is 4.39 Å². The van der Waals surface area contributed by atoms with Crippen molar-refractivity contribution in [3.8, 4) is 0 Å². The predicted octanol–water partition coefficient (Wildman–Crippen LogP) is 3.73. The number of piperazine rings is 1. The van der Waals surface area contributed by atoms with Crippen molar-refractivity contribution >= 4 is 27.5 Å². The summed E-state index contributed by atoms with van der Waals surface area (Å²) in [4.78, 5) is 17.0. The first kappa shape index (κ1) is 19.0. The van der Waals surface area contributed by atoms with E-state index in [1.54, 1.807) is 12.1 Å². The number of nitrogens with zero attached hydrogens (tertiary/aromatic N) is 2. The standard InChI is InChI=1S/C20H23BrFN3O/c1-15(20(26)23-19-8-7-17(21)13-18(19)22)25-11-9-24(10-12-25)14-16-5-3-2-4-6-16/h2-8,13,15H,9-12,14H2,1H3,(H,23,26)/t15-/m0/s1. The largest absolute Gasteiger partial charge is 0.322 e. The average Bonchev–Trinajstić information content (AvgIpc) is 2.65. The molecule has 0 saturated carbocycles. The number of hydrogen-bond donors (Lipinski definition) is 1. The second-order valence-corrected chi connectivity index (χ2v) is 7.50. The number of carbonyl (C=O) groups excluding carboxylic acids is 1. The Morgan fingerprint density at radius 3 is 2.50 bits per heavy atom. The molecule has 138 valence electrons. The third-order valence-corrected chi connectivity index (χ3v) is 5.27. The molecule has 1 atom stereocenters. The highest BCUT2D eigenvalue weighted by Gasteiger charge is 2.26. The van der Waals surface area contributed by atoms with Crippen LogP contribution >= 0.6 is 15.9 Å². The van der Waals surface area contributed by atoms with E-state index in [0.717, 1.165) is 32.7 Å². The minimum Gasteiger partial charge on any atom is -0.322 e. The van der Waals surface area contributed by atoms with Crippen LogP contribution < -0.4 is 5.32 Å². The van der Waals surface area contributed by atoms with Crippen LogP contribution in [0, 0.1) is 5.82 Å². The van der Waals surface area contributed by atoms with E-state index < -0.39 is 5.82 Å². The second kappa shape index (κ2) is 8.75. The van der Waals surface area contributed by atoms with E-state index in [4.69, 9.17) is 0 Å². The molecule has 4 nitrogen and oxygen atoms in total. The monoisotopic (exact) mass is 419 g/mol. The Labute approximate surface area is 162 Å². The van der Waals surface area contributed by atoms with Crippen LogP contribution in [0.25, 0.3) is 0 Å². The van der Waals surface area contributed by atoms with Crippen LogP contribution in [0.3, 0.4) is 0 Å². The second-order valence-electron chi connectivity index (χ2n) is 6.59.